The monoisotopic (exact) mass is 179 g/mol. The summed E-state index contributed by atoms with van der Waals surface area (Å²) in [4.78, 5) is 0. The van der Waals surface area contributed by atoms with Crippen LogP contribution in [0.25, 0.3) is 0 Å². The van der Waals surface area contributed by atoms with Gasteiger partial charge in [-0.3, -0.25) is 4.68 Å². The van der Waals surface area contributed by atoms with Gasteiger partial charge in [0.15, 0.2) is 0 Å². The normalized spacial score (nSPS) is 28.9. The summed E-state index contributed by atoms with van der Waals surface area (Å²) in [5.74, 6) is 1.36. The number of nitrogens with two attached hydrogens (primary N) is 1. The maximum atomic E-state index is 5.86. The Hall–Kier alpha value is -0.830. The minimum Gasteiger partial charge on any atom is -0.328 e. The van der Waals surface area contributed by atoms with Gasteiger partial charge in [0.1, 0.15) is 0 Å². The van der Waals surface area contributed by atoms with E-state index in [-0.39, 0.29) is 0 Å². The van der Waals surface area contributed by atoms with Crippen molar-refractivity contribution in [3.63, 3.8) is 0 Å². The highest BCUT2D eigenvalue weighted by atomic mass is 15.3. The van der Waals surface area contributed by atoms with Crippen LogP contribution in [0.4, 0.5) is 0 Å². The molecular weight excluding hydrogens is 162 g/mol. The molecule has 72 valence electrons. The SMILES string of the molecule is Cc1c(C2CC2C(C)N)cnn1C. The van der Waals surface area contributed by atoms with E-state index in [9.17, 15) is 0 Å². The molecule has 0 spiro atoms. The number of nitrogens with zero attached hydrogens (tertiary/aromatic N) is 2. The Kier molecular flexibility index (Phi) is 1.91. The van der Waals surface area contributed by atoms with E-state index in [0.717, 1.165) is 0 Å². The summed E-state index contributed by atoms with van der Waals surface area (Å²) in [7, 11) is 1.99. The summed E-state index contributed by atoms with van der Waals surface area (Å²) in [6, 6.07) is 0.324. The van der Waals surface area contributed by atoms with Crippen molar-refractivity contribution in [2.24, 2.45) is 18.7 Å². The molecule has 1 aromatic rings. The quantitative estimate of drug-likeness (QED) is 0.741. The van der Waals surface area contributed by atoms with Gasteiger partial charge in [-0.1, -0.05) is 0 Å². The van der Waals surface area contributed by atoms with Crippen molar-refractivity contribution in [3.8, 4) is 0 Å². The fourth-order valence-electron chi connectivity index (χ4n) is 2.03. The van der Waals surface area contributed by atoms with Crippen LogP contribution in [-0.4, -0.2) is 15.8 Å². The fraction of sp³-hybridized carbons (Fsp3) is 0.700. The van der Waals surface area contributed by atoms with E-state index in [0.29, 0.717) is 17.9 Å². The van der Waals surface area contributed by atoms with Crippen molar-refractivity contribution < 1.29 is 0 Å². The predicted octanol–water partition coefficient (Wildman–Crippen LogP) is 1.18. The molecule has 1 aliphatic carbocycles. The molecule has 0 saturated heterocycles. The molecule has 2 N–H and O–H groups in total. The van der Waals surface area contributed by atoms with Gasteiger partial charge < -0.3 is 5.73 Å². The van der Waals surface area contributed by atoms with E-state index >= 15 is 0 Å². The van der Waals surface area contributed by atoms with Crippen LogP contribution >= 0.6 is 0 Å². The molecule has 1 aliphatic rings. The van der Waals surface area contributed by atoms with Gasteiger partial charge in [0.25, 0.3) is 0 Å². The Bertz CT molecular complexity index is 314. The van der Waals surface area contributed by atoms with Gasteiger partial charge in [-0.25, -0.2) is 0 Å². The standard InChI is InChI=1S/C10H17N3/c1-6(11)8-4-9(8)10-5-12-13(3)7(10)2/h5-6,8-9H,4,11H2,1-3H3. The molecule has 3 heteroatoms. The van der Waals surface area contributed by atoms with Crippen LogP contribution in [0.5, 0.6) is 0 Å². The molecule has 1 fully saturated rings. The molecule has 0 aliphatic heterocycles. The van der Waals surface area contributed by atoms with E-state index in [2.05, 4.69) is 18.9 Å². The van der Waals surface area contributed by atoms with Gasteiger partial charge in [-0.2, -0.15) is 5.10 Å². The third kappa shape index (κ3) is 1.37. The Morgan fingerprint density at radius 1 is 1.69 bits per heavy atom. The van der Waals surface area contributed by atoms with Crippen molar-refractivity contribution in [3.05, 3.63) is 17.5 Å². The molecule has 3 nitrogen and oxygen atoms in total. The van der Waals surface area contributed by atoms with Crippen LogP contribution in [0.3, 0.4) is 0 Å². The van der Waals surface area contributed by atoms with E-state index in [1.807, 2.05) is 17.9 Å². The van der Waals surface area contributed by atoms with Crippen LogP contribution < -0.4 is 5.73 Å². The Balaban J connectivity index is 2.16. The molecule has 0 aromatic carbocycles. The van der Waals surface area contributed by atoms with Crippen molar-refractivity contribution in [1.82, 2.24) is 9.78 Å². The molecule has 3 unspecified atom stereocenters. The van der Waals surface area contributed by atoms with E-state index < -0.39 is 0 Å². The molecule has 13 heavy (non-hydrogen) atoms. The van der Waals surface area contributed by atoms with E-state index in [1.165, 1.54) is 17.7 Å². The second-order valence-corrected chi connectivity index (χ2v) is 4.17. The van der Waals surface area contributed by atoms with Gasteiger partial charge in [0.2, 0.25) is 0 Å². The van der Waals surface area contributed by atoms with Crippen LogP contribution in [0, 0.1) is 12.8 Å². The number of hydrogen-bond donors (Lipinski definition) is 1. The van der Waals surface area contributed by atoms with Crippen LogP contribution in [0.2, 0.25) is 0 Å². The number of rotatable bonds is 2. The highest BCUT2D eigenvalue weighted by Gasteiger charge is 2.42. The lowest BCUT2D eigenvalue weighted by Crippen LogP contribution is -2.18. The first-order valence-corrected chi connectivity index (χ1v) is 4.85. The summed E-state index contributed by atoms with van der Waals surface area (Å²) in [5, 5.41) is 4.25. The minimum atomic E-state index is 0.324. The van der Waals surface area contributed by atoms with Gasteiger partial charge in [0.05, 0.1) is 6.20 Å². The number of aryl methyl sites for hydroxylation is 1. The molecule has 1 aromatic heterocycles. The van der Waals surface area contributed by atoms with Crippen LogP contribution in [0.15, 0.2) is 6.20 Å². The maximum Gasteiger partial charge on any atom is 0.0527 e. The molecule has 2 rings (SSSR count). The minimum absolute atomic E-state index is 0.324. The number of hydrogen-bond acceptors (Lipinski definition) is 2. The first-order valence-electron chi connectivity index (χ1n) is 4.85. The summed E-state index contributed by atoms with van der Waals surface area (Å²) in [5.41, 5.74) is 8.53. The lowest BCUT2D eigenvalue weighted by molar-refractivity contribution is 0.630. The topological polar surface area (TPSA) is 43.8 Å². The van der Waals surface area contributed by atoms with Crippen LogP contribution in [-0.2, 0) is 7.05 Å². The highest BCUT2D eigenvalue weighted by Crippen LogP contribution is 2.49. The predicted molar refractivity (Wildman–Crippen MR) is 52.4 cm³/mol. The van der Waals surface area contributed by atoms with Gasteiger partial charge >= 0.3 is 0 Å². The molecule has 3 atom stereocenters. The highest BCUT2D eigenvalue weighted by molar-refractivity contribution is 5.28. The fourth-order valence-corrected chi connectivity index (χ4v) is 2.03. The van der Waals surface area contributed by atoms with Crippen molar-refractivity contribution >= 4 is 0 Å². The maximum absolute atomic E-state index is 5.86. The molecule has 1 heterocycles. The second-order valence-electron chi connectivity index (χ2n) is 4.17. The average Bonchev–Trinajstić information content (AvgIpc) is 2.78. The zero-order valence-corrected chi connectivity index (χ0v) is 8.49. The zero-order valence-electron chi connectivity index (χ0n) is 8.49. The molecule has 0 amide bonds. The molecular formula is C10H17N3. The lowest BCUT2D eigenvalue weighted by Gasteiger charge is -2.03. The van der Waals surface area contributed by atoms with Crippen molar-refractivity contribution in [2.45, 2.75) is 32.2 Å². The largest absolute Gasteiger partial charge is 0.328 e. The third-order valence-corrected chi connectivity index (χ3v) is 3.19. The molecule has 0 bridgehead atoms. The molecule has 1 saturated carbocycles. The second kappa shape index (κ2) is 2.84. The Morgan fingerprint density at radius 3 is 2.77 bits per heavy atom. The first kappa shape index (κ1) is 8.75. The summed E-state index contributed by atoms with van der Waals surface area (Å²) < 4.78 is 1.94. The first-order chi connectivity index (χ1) is 6.11. The van der Waals surface area contributed by atoms with E-state index in [4.69, 9.17) is 5.73 Å². The smallest absolute Gasteiger partial charge is 0.0527 e. The summed E-state index contributed by atoms with van der Waals surface area (Å²) in [6.07, 6.45) is 3.23. The summed E-state index contributed by atoms with van der Waals surface area (Å²) >= 11 is 0. The van der Waals surface area contributed by atoms with Crippen molar-refractivity contribution in [2.75, 3.05) is 0 Å². The van der Waals surface area contributed by atoms with Crippen LogP contribution in [0.1, 0.15) is 30.5 Å². The van der Waals surface area contributed by atoms with E-state index in [1.54, 1.807) is 0 Å². The lowest BCUT2D eigenvalue weighted by atomic mass is 10.1. The number of aromatic nitrogens is 2. The van der Waals surface area contributed by atoms with Crippen molar-refractivity contribution in [1.29, 1.82) is 0 Å². The molecule has 0 radical (unpaired) electrons. The Morgan fingerprint density at radius 2 is 2.38 bits per heavy atom. The average molecular weight is 179 g/mol. The summed E-state index contributed by atoms with van der Waals surface area (Å²) in [6.45, 7) is 4.22. The zero-order chi connectivity index (χ0) is 9.59. The van der Waals surface area contributed by atoms with Gasteiger partial charge in [-0.15, -0.1) is 0 Å². The Labute approximate surface area is 78.9 Å². The van der Waals surface area contributed by atoms with Gasteiger partial charge in [0, 0.05) is 18.8 Å². The van der Waals surface area contributed by atoms with Gasteiger partial charge in [-0.05, 0) is 37.7 Å². The third-order valence-electron chi connectivity index (χ3n) is 3.19.